The normalized spacial score (nSPS) is 23.2. The number of amides is 1. The van der Waals surface area contributed by atoms with Gasteiger partial charge in [0.15, 0.2) is 5.60 Å². The van der Waals surface area contributed by atoms with Crippen molar-refractivity contribution in [3.8, 4) is 5.75 Å². The number of carbonyl (C=O) groups excluding carboxylic acids is 4. The zero-order chi connectivity index (χ0) is 37.0. The standard InChI is InChI=1S/C37H53N3O8Si2/c1-11-37(47-31(42)19-38-35(45)48-36(2,3)4)27-17-28-34(40-20-22-12-13-24(41)14-23(22)15-30(40)39-28)25(16-32(43)49(5,6)7)26(27)21-46-29(37)18-33(44)50(8,9)10/h12-15,25,29,39,41H,11,16-21H2,1-10H3,(H,38,45). The Labute approximate surface area is 297 Å². The predicted octanol–water partition coefficient (Wildman–Crippen LogP) is 5.93. The topological polar surface area (TPSA) is 144 Å². The van der Waals surface area contributed by atoms with Crippen molar-refractivity contribution in [1.82, 2.24) is 15.5 Å². The van der Waals surface area contributed by atoms with E-state index in [-0.39, 0.29) is 41.9 Å². The predicted molar refractivity (Wildman–Crippen MR) is 196 cm³/mol. The lowest BCUT2D eigenvalue weighted by molar-refractivity contribution is -0.176. The molecule has 3 unspecified atom stereocenters. The van der Waals surface area contributed by atoms with Crippen molar-refractivity contribution in [3.63, 3.8) is 0 Å². The van der Waals surface area contributed by atoms with Gasteiger partial charge in [-0.1, -0.05) is 52.3 Å². The van der Waals surface area contributed by atoms with Crippen LogP contribution in [0, 0.1) is 5.92 Å². The van der Waals surface area contributed by atoms with Crippen molar-refractivity contribution < 1.29 is 38.5 Å². The molecule has 0 bridgehead atoms. The number of carbonyl (C=O) groups is 4. The summed E-state index contributed by atoms with van der Waals surface area (Å²) < 4.78 is 18.4. The number of ether oxygens (including phenoxy) is 3. The molecule has 0 fully saturated rings. The van der Waals surface area contributed by atoms with Gasteiger partial charge in [-0.2, -0.15) is 0 Å². The smallest absolute Gasteiger partial charge is 0.408 e. The van der Waals surface area contributed by atoms with Crippen molar-refractivity contribution in [3.05, 3.63) is 57.7 Å². The summed E-state index contributed by atoms with van der Waals surface area (Å²) in [6.07, 6.45) is 1.60. The molecular weight excluding hydrogens is 671 g/mol. The van der Waals surface area contributed by atoms with Crippen molar-refractivity contribution in [1.29, 1.82) is 0 Å². The molecule has 13 heteroatoms. The zero-order valence-electron chi connectivity index (χ0n) is 31.2. The molecule has 0 saturated heterocycles. The highest BCUT2D eigenvalue weighted by molar-refractivity contribution is 7.03. The van der Waals surface area contributed by atoms with Gasteiger partial charge in [-0.25, -0.2) is 4.79 Å². The van der Waals surface area contributed by atoms with Crippen LogP contribution >= 0.6 is 0 Å². The molecule has 0 saturated carbocycles. The Kier molecular flexibility index (Phi) is 10.1. The summed E-state index contributed by atoms with van der Waals surface area (Å²) in [5.41, 5.74) is 3.58. The van der Waals surface area contributed by atoms with E-state index in [1.807, 2.05) is 38.7 Å². The number of hydrogen-bond acceptors (Lipinski definition) is 10. The largest absolute Gasteiger partial charge is 0.508 e. The molecule has 5 rings (SSSR count). The van der Waals surface area contributed by atoms with Crippen molar-refractivity contribution in [2.75, 3.05) is 13.2 Å². The number of nitrogens with zero attached hydrogens (tertiary/aromatic N) is 1. The minimum Gasteiger partial charge on any atom is -0.508 e. The lowest BCUT2D eigenvalue weighted by Crippen LogP contribution is -2.56. The van der Waals surface area contributed by atoms with E-state index in [1.165, 1.54) is 0 Å². The first-order chi connectivity index (χ1) is 23.1. The Morgan fingerprint density at radius 3 is 2.34 bits per heavy atom. The lowest BCUT2D eigenvalue weighted by atomic mass is 9.70. The second-order valence-electron chi connectivity index (χ2n) is 16.8. The molecule has 1 amide bonds. The maximum atomic E-state index is 13.9. The first kappa shape index (κ1) is 37.6. The van der Waals surface area contributed by atoms with Gasteiger partial charge in [0.05, 0.1) is 6.61 Å². The van der Waals surface area contributed by atoms with E-state index in [4.69, 9.17) is 14.2 Å². The molecule has 3 heterocycles. The maximum absolute atomic E-state index is 13.9. The number of phenols is 1. The van der Waals surface area contributed by atoms with Crippen LogP contribution in [0.3, 0.4) is 0 Å². The van der Waals surface area contributed by atoms with Crippen LogP contribution < -0.4 is 10.6 Å². The number of aromatic hydroxyl groups is 1. The van der Waals surface area contributed by atoms with E-state index in [2.05, 4.69) is 35.2 Å². The van der Waals surface area contributed by atoms with E-state index >= 15 is 0 Å². The Morgan fingerprint density at radius 2 is 1.72 bits per heavy atom. The fourth-order valence-corrected chi connectivity index (χ4v) is 8.73. The van der Waals surface area contributed by atoms with Gasteiger partial charge in [0, 0.05) is 43.1 Å². The van der Waals surface area contributed by atoms with Crippen LogP contribution in [0.4, 0.5) is 4.79 Å². The highest BCUT2D eigenvalue weighted by Gasteiger charge is 2.55. The van der Waals surface area contributed by atoms with Gasteiger partial charge in [-0.3, -0.25) is 4.79 Å². The average Bonchev–Trinajstić information content (AvgIpc) is 3.35. The van der Waals surface area contributed by atoms with Gasteiger partial charge in [-0.05, 0) is 67.7 Å². The van der Waals surface area contributed by atoms with Gasteiger partial charge < -0.3 is 44.4 Å². The summed E-state index contributed by atoms with van der Waals surface area (Å²) >= 11 is 0. The molecule has 50 heavy (non-hydrogen) atoms. The summed E-state index contributed by atoms with van der Waals surface area (Å²) in [4.78, 5) is 55.8. The summed E-state index contributed by atoms with van der Waals surface area (Å²) in [6.45, 7) is 19.6. The van der Waals surface area contributed by atoms with Crippen LogP contribution in [-0.2, 0) is 35.1 Å². The molecule has 0 radical (unpaired) electrons. The number of hydrogen-bond donors (Lipinski definition) is 3. The Bertz CT molecular complexity index is 1690. The number of phenolic OH excluding ortho intramolecular Hbond substituents is 1. The fraction of sp³-hybridized carbons (Fsp3) is 0.568. The second kappa shape index (κ2) is 13.5. The van der Waals surface area contributed by atoms with E-state index in [0.717, 1.165) is 39.5 Å². The number of benzene rings is 1. The summed E-state index contributed by atoms with van der Waals surface area (Å²) in [5, 5.41) is 16.6. The van der Waals surface area contributed by atoms with Gasteiger partial charge >= 0.3 is 12.1 Å². The molecule has 4 aliphatic rings. The molecule has 1 aromatic rings. The molecule has 272 valence electrons. The van der Waals surface area contributed by atoms with E-state index in [1.54, 1.807) is 32.9 Å². The van der Waals surface area contributed by atoms with Crippen LogP contribution in [0.25, 0.3) is 6.08 Å². The number of rotatable bonds is 10. The van der Waals surface area contributed by atoms with Crippen LogP contribution in [0.15, 0.2) is 46.6 Å². The molecular formula is C37H53N3O8Si2. The molecule has 0 spiro atoms. The van der Waals surface area contributed by atoms with Gasteiger partial charge in [-0.15, -0.1) is 0 Å². The first-order valence-corrected chi connectivity index (χ1v) is 24.5. The van der Waals surface area contributed by atoms with Crippen LogP contribution in [-0.4, -0.2) is 79.5 Å². The fourth-order valence-electron chi connectivity index (χ4n) is 7.12. The lowest BCUT2D eigenvalue weighted by Gasteiger charge is -2.49. The molecule has 1 aromatic carbocycles. The van der Waals surface area contributed by atoms with Gasteiger partial charge in [0.2, 0.25) is 0 Å². The van der Waals surface area contributed by atoms with Gasteiger partial charge in [0.25, 0.3) is 0 Å². The Hall–Kier alpha value is -3.69. The number of nitrogens with one attached hydrogen (secondary N) is 2. The average molecular weight is 724 g/mol. The minimum absolute atomic E-state index is 0.0844. The molecule has 3 atom stereocenters. The highest BCUT2D eigenvalue weighted by Crippen LogP contribution is 2.52. The third-order valence-electron chi connectivity index (χ3n) is 9.91. The van der Waals surface area contributed by atoms with Crippen LogP contribution in [0.1, 0.15) is 64.5 Å². The molecule has 3 aliphatic heterocycles. The summed E-state index contributed by atoms with van der Waals surface area (Å²) in [6, 6.07) is 5.35. The van der Waals surface area contributed by atoms with Crippen molar-refractivity contribution in [2.24, 2.45) is 5.92 Å². The number of fused-ring (bicyclic) bond motifs is 3. The Balaban J connectivity index is 1.57. The highest BCUT2D eigenvalue weighted by atomic mass is 28.3. The molecule has 0 aromatic heterocycles. The zero-order valence-corrected chi connectivity index (χ0v) is 33.2. The number of allylic oxidation sites excluding steroid dienone is 2. The van der Waals surface area contributed by atoms with E-state index in [0.29, 0.717) is 19.4 Å². The van der Waals surface area contributed by atoms with E-state index < -0.39 is 52.1 Å². The SMILES string of the molecule is CCC1(OC(=O)CNC(=O)OC(C)(C)C)C2=C(COC1CC(=O)[Si](C)(C)C)C(CC(=O)[Si](C)(C)C)C1=C(C2)NC2=Cc3cc(O)ccc3CN21. The molecule has 11 nitrogen and oxygen atoms in total. The Morgan fingerprint density at radius 1 is 1.06 bits per heavy atom. The summed E-state index contributed by atoms with van der Waals surface area (Å²) in [5.74, 6) is 0.0191. The third kappa shape index (κ3) is 7.64. The van der Waals surface area contributed by atoms with Crippen LogP contribution in [0.2, 0.25) is 39.3 Å². The number of esters is 1. The third-order valence-corrected chi connectivity index (χ3v) is 13.7. The molecule has 1 aliphatic carbocycles. The summed E-state index contributed by atoms with van der Waals surface area (Å²) in [7, 11) is -4.43. The first-order valence-electron chi connectivity index (χ1n) is 17.5. The van der Waals surface area contributed by atoms with Crippen LogP contribution in [0.5, 0.6) is 5.75 Å². The number of alkyl carbamates (subject to hydrolysis) is 1. The maximum Gasteiger partial charge on any atom is 0.408 e. The quantitative estimate of drug-likeness (QED) is 0.151. The van der Waals surface area contributed by atoms with Crippen molar-refractivity contribution >= 4 is 45.1 Å². The minimum atomic E-state index is -2.23. The van der Waals surface area contributed by atoms with Crippen molar-refractivity contribution in [2.45, 2.75) is 117 Å². The molecule has 3 N–H and O–H groups in total. The second-order valence-corrected chi connectivity index (χ2v) is 27.0. The monoisotopic (exact) mass is 723 g/mol. The van der Waals surface area contributed by atoms with E-state index in [9.17, 15) is 24.3 Å². The van der Waals surface area contributed by atoms with Gasteiger partial charge in [0.1, 0.15) is 56.8 Å².